The fraction of sp³-hybridized carbons (Fsp3) is 0.778. The van der Waals surface area contributed by atoms with Crippen molar-refractivity contribution in [3.8, 4) is 0 Å². The number of aromatic nitrogens is 2. The highest BCUT2D eigenvalue weighted by molar-refractivity contribution is 4.98. The second-order valence-corrected chi connectivity index (χ2v) is 3.65. The van der Waals surface area contributed by atoms with E-state index in [1.807, 2.05) is 6.92 Å². The molecular weight excluding hydrogens is 166 g/mol. The highest BCUT2D eigenvalue weighted by atomic mass is 16.4. The van der Waals surface area contributed by atoms with Crippen molar-refractivity contribution in [1.82, 2.24) is 15.5 Å². The summed E-state index contributed by atoms with van der Waals surface area (Å²) in [6, 6.07) is 0.452. The Labute approximate surface area is 77.7 Å². The SMILES string of the molecule is Cc1nnc([C@@H]2CCCN[C@@H]2C)o1. The molecule has 2 heterocycles. The molecule has 0 unspecified atom stereocenters. The van der Waals surface area contributed by atoms with Crippen LogP contribution in [0.15, 0.2) is 4.42 Å². The van der Waals surface area contributed by atoms with E-state index in [0.717, 1.165) is 18.9 Å². The zero-order valence-corrected chi connectivity index (χ0v) is 8.08. The fourth-order valence-electron chi connectivity index (χ4n) is 1.84. The van der Waals surface area contributed by atoms with Gasteiger partial charge in [0.2, 0.25) is 11.8 Å². The number of nitrogens with one attached hydrogen (secondary N) is 1. The van der Waals surface area contributed by atoms with Gasteiger partial charge in [-0.2, -0.15) is 0 Å². The maximum absolute atomic E-state index is 5.43. The Morgan fingerprint density at radius 2 is 2.31 bits per heavy atom. The van der Waals surface area contributed by atoms with Gasteiger partial charge >= 0.3 is 0 Å². The molecule has 2 rings (SSSR count). The minimum absolute atomic E-state index is 0.398. The first-order valence-corrected chi connectivity index (χ1v) is 4.81. The van der Waals surface area contributed by atoms with Crippen LogP contribution in [-0.2, 0) is 0 Å². The first-order valence-electron chi connectivity index (χ1n) is 4.81. The van der Waals surface area contributed by atoms with Crippen LogP contribution < -0.4 is 5.32 Å². The molecule has 1 aromatic heterocycles. The van der Waals surface area contributed by atoms with Crippen LogP contribution in [0.1, 0.15) is 37.5 Å². The monoisotopic (exact) mass is 181 g/mol. The largest absolute Gasteiger partial charge is 0.425 e. The van der Waals surface area contributed by atoms with Crippen molar-refractivity contribution >= 4 is 0 Å². The number of nitrogens with zero attached hydrogens (tertiary/aromatic N) is 2. The van der Waals surface area contributed by atoms with Crippen molar-refractivity contribution < 1.29 is 4.42 Å². The lowest BCUT2D eigenvalue weighted by Crippen LogP contribution is -2.37. The van der Waals surface area contributed by atoms with Crippen LogP contribution >= 0.6 is 0 Å². The summed E-state index contributed by atoms with van der Waals surface area (Å²) in [7, 11) is 0. The average Bonchev–Trinajstić information content (AvgIpc) is 2.53. The van der Waals surface area contributed by atoms with E-state index in [1.54, 1.807) is 0 Å². The van der Waals surface area contributed by atoms with Gasteiger partial charge in [-0.3, -0.25) is 0 Å². The Balaban J connectivity index is 2.14. The first-order chi connectivity index (χ1) is 6.27. The fourth-order valence-corrected chi connectivity index (χ4v) is 1.84. The quantitative estimate of drug-likeness (QED) is 0.708. The number of hydrogen-bond acceptors (Lipinski definition) is 4. The van der Waals surface area contributed by atoms with E-state index >= 15 is 0 Å². The van der Waals surface area contributed by atoms with E-state index in [-0.39, 0.29) is 0 Å². The van der Waals surface area contributed by atoms with Crippen molar-refractivity contribution in [2.24, 2.45) is 0 Å². The normalized spacial score (nSPS) is 29.1. The number of rotatable bonds is 1. The summed E-state index contributed by atoms with van der Waals surface area (Å²) in [5.74, 6) is 1.85. The van der Waals surface area contributed by atoms with Crippen LogP contribution in [0, 0.1) is 6.92 Å². The van der Waals surface area contributed by atoms with Crippen molar-refractivity contribution in [2.45, 2.75) is 38.6 Å². The third kappa shape index (κ3) is 1.72. The average molecular weight is 181 g/mol. The highest BCUT2D eigenvalue weighted by Gasteiger charge is 2.26. The molecule has 72 valence electrons. The van der Waals surface area contributed by atoms with Crippen LogP contribution in [0.4, 0.5) is 0 Å². The molecule has 0 radical (unpaired) electrons. The number of aryl methyl sites for hydroxylation is 1. The summed E-state index contributed by atoms with van der Waals surface area (Å²) in [5.41, 5.74) is 0. The summed E-state index contributed by atoms with van der Waals surface area (Å²) < 4.78 is 5.43. The first kappa shape index (κ1) is 8.69. The predicted octanol–water partition coefficient (Wildman–Crippen LogP) is 1.23. The van der Waals surface area contributed by atoms with Gasteiger partial charge in [0.05, 0.1) is 5.92 Å². The van der Waals surface area contributed by atoms with E-state index in [4.69, 9.17) is 4.42 Å². The Morgan fingerprint density at radius 1 is 1.46 bits per heavy atom. The maximum atomic E-state index is 5.43. The molecule has 1 saturated heterocycles. The second-order valence-electron chi connectivity index (χ2n) is 3.65. The lowest BCUT2D eigenvalue weighted by molar-refractivity contribution is 0.312. The molecule has 0 amide bonds. The van der Waals surface area contributed by atoms with Crippen molar-refractivity contribution in [2.75, 3.05) is 6.54 Å². The van der Waals surface area contributed by atoms with E-state index in [1.165, 1.54) is 6.42 Å². The Hall–Kier alpha value is -0.900. The van der Waals surface area contributed by atoms with Crippen LogP contribution in [-0.4, -0.2) is 22.8 Å². The molecule has 0 spiro atoms. The molecular formula is C9H15N3O. The number of hydrogen-bond donors (Lipinski definition) is 1. The molecule has 1 aromatic rings. The van der Waals surface area contributed by atoms with Crippen molar-refractivity contribution in [3.05, 3.63) is 11.8 Å². The van der Waals surface area contributed by atoms with E-state index in [0.29, 0.717) is 17.9 Å². The Bertz CT molecular complexity index is 284. The third-order valence-corrected chi connectivity index (χ3v) is 2.62. The van der Waals surface area contributed by atoms with Gasteiger partial charge in [-0.15, -0.1) is 10.2 Å². The lowest BCUT2D eigenvalue weighted by Gasteiger charge is -2.26. The molecule has 4 heteroatoms. The van der Waals surface area contributed by atoms with E-state index in [2.05, 4.69) is 22.4 Å². The van der Waals surface area contributed by atoms with E-state index < -0.39 is 0 Å². The van der Waals surface area contributed by atoms with Gasteiger partial charge in [-0.05, 0) is 26.3 Å². The summed E-state index contributed by atoms with van der Waals surface area (Å²) in [5, 5.41) is 11.3. The molecule has 1 aliphatic heterocycles. The van der Waals surface area contributed by atoms with Gasteiger partial charge in [0.25, 0.3) is 0 Å². The molecule has 4 nitrogen and oxygen atoms in total. The zero-order chi connectivity index (χ0) is 9.26. The summed E-state index contributed by atoms with van der Waals surface area (Å²) >= 11 is 0. The van der Waals surface area contributed by atoms with Crippen molar-refractivity contribution in [3.63, 3.8) is 0 Å². The third-order valence-electron chi connectivity index (χ3n) is 2.62. The van der Waals surface area contributed by atoms with Gasteiger partial charge in [-0.25, -0.2) is 0 Å². The van der Waals surface area contributed by atoms with Crippen LogP contribution in [0.5, 0.6) is 0 Å². The highest BCUT2D eigenvalue weighted by Crippen LogP contribution is 2.26. The van der Waals surface area contributed by atoms with Gasteiger partial charge in [-0.1, -0.05) is 0 Å². The topological polar surface area (TPSA) is 51.0 Å². The minimum Gasteiger partial charge on any atom is -0.425 e. The van der Waals surface area contributed by atoms with Gasteiger partial charge in [0, 0.05) is 13.0 Å². The van der Waals surface area contributed by atoms with Gasteiger partial charge in [0.1, 0.15) is 0 Å². The van der Waals surface area contributed by atoms with Gasteiger partial charge < -0.3 is 9.73 Å². The molecule has 2 atom stereocenters. The minimum atomic E-state index is 0.398. The molecule has 1 fully saturated rings. The van der Waals surface area contributed by atoms with Crippen LogP contribution in [0.3, 0.4) is 0 Å². The van der Waals surface area contributed by atoms with Crippen molar-refractivity contribution in [1.29, 1.82) is 0 Å². The summed E-state index contributed by atoms with van der Waals surface area (Å²) in [6.07, 6.45) is 2.34. The maximum Gasteiger partial charge on any atom is 0.221 e. The lowest BCUT2D eigenvalue weighted by atomic mass is 9.92. The van der Waals surface area contributed by atoms with Crippen LogP contribution in [0.25, 0.3) is 0 Å². The molecule has 0 aromatic carbocycles. The molecule has 1 N–H and O–H groups in total. The summed E-state index contributed by atoms with van der Waals surface area (Å²) in [6.45, 7) is 5.10. The Kier molecular flexibility index (Phi) is 2.31. The smallest absolute Gasteiger partial charge is 0.221 e. The molecule has 1 aliphatic rings. The molecule has 13 heavy (non-hydrogen) atoms. The van der Waals surface area contributed by atoms with Crippen LogP contribution in [0.2, 0.25) is 0 Å². The predicted molar refractivity (Wildman–Crippen MR) is 48.5 cm³/mol. The zero-order valence-electron chi connectivity index (χ0n) is 8.08. The standard InChI is InChI=1S/C9H15N3O/c1-6-8(4-3-5-10-6)9-12-11-7(2)13-9/h6,8,10H,3-5H2,1-2H3/t6-,8-/m1/s1. The van der Waals surface area contributed by atoms with E-state index in [9.17, 15) is 0 Å². The molecule has 0 bridgehead atoms. The molecule has 0 aliphatic carbocycles. The number of piperidine rings is 1. The Morgan fingerprint density at radius 3 is 2.92 bits per heavy atom. The second kappa shape index (κ2) is 3.46. The summed E-state index contributed by atoms with van der Waals surface area (Å²) in [4.78, 5) is 0. The van der Waals surface area contributed by atoms with Gasteiger partial charge in [0.15, 0.2) is 0 Å². The molecule has 0 saturated carbocycles.